The van der Waals surface area contributed by atoms with Crippen LogP contribution in [0.2, 0.25) is 0 Å². The molecule has 0 unspecified atom stereocenters. The van der Waals surface area contributed by atoms with E-state index < -0.39 is 36.4 Å². The molecule has 0 radical (unpaired) electrons. The minimum atomic E-state index is -3.21. The minimum absolute atomic E-state index is 0.0144. The number of carbonyl (C=O) groups is 2. The van der Waals surface area contributed by atoms with E-state index in [1.165, 1.54) is 0 Å². The van der Waals surface area contributed by atoms with Gasteiger partial charge in [0.05, 0.1) is 12.6 Å². The lowest BCUT2D eigenvalue weighted by Crippen LogP contribution is -2.40. The van der Waals surface area contributed by atoms with Crippen LogP contribution in [0.15, 0.2) is 30.3 Å². The summed E-state index contributed by atoms with van der Waals surface area (Å²) in [6, 6.07) is 8.12. The number of carbonyl (C=O) groups excluding carboxylic acids is 2. The smallest absolute Gasteiger partial charge is 0.410 e. The molecule has 0 spiro atoms. The van der Waals surface area contributed by atoms with Crippen LogP contribution in [0.4, 0.5) is 13.6 Å². The van der Waals surface area contributed by atoms with Crippen LogP contribution >= 0.6 is 0 Å². The largest absolute Gasteiger partial charge is 0.445 e. The van der Waals surface area contributed by atoms with Crippen LogP contribution in [0.1, 0.15) is 5.56 Å². The Kier molecular flexibility index (Phi) is 3.27. The topological polar surface area (TPSA) is 58.6 Å². The summed E-state index contributed by atoms with van der Waals surface area (Å²) in [4.78, 5) is 24.4. The Morgan fingerprint density at radius 2 is 2.10 bits per heavy atom. The number of rotatable bonds is 2. The molecular weight excluding hydrogens is 282 g/mol. The Morgan fingerprint density at radius 3 is 2.81 bits per heavy atom. The van der Waals surface area contributed by atoms with Crippen molar-refractivity contribution in [1.29, 1.82) is 0 Å². The second-order valence-electron chi connectivity index (χ2n) is 5.22. The van der Waals surface area contributed by atoms with Crippen LogP contribution in [-0.4, -0.2) is 42.0 Å². The van der Waals surface area contributed by atoms with E-state index in [-0.39, 0.29) is 13.2 Å². The molecular formula is C14H14F2N2O3. The second kappa shape index (κ2) is 4.98. The lowest BCUT2D eigenvalue weighted by atomic mass is 10.0. The molecule has 112 valence electrons. The van der Waals surface area contributed by atoms with Gasteiger partial charge in [-0.3, -0.25) is 9.69 Å². The molecule has 2 aliphatic heterocycles. The molecule has 0 aliphatic carbocycles. The minimum Gasteiger partial charge on any atom is -0.445 e. The molecule has 1 aromatic carbocycles. The van der Waals surface area contributed by atoms with Gasteiger partial charge in [0.15, 0.2) is 0 Å². The van der Waals surface area contributed by atoms with Gasteiger partial charge in [0.1, 0.15) is 12.5 Å². The van der Waals surface area contributed by atoms with Crippen LogP contribution in [-0.2, 0) is 16.1 Å². The molecule has 0 saturated carbocycles. The van der Waals surface area contributed by atoms with Crippen molar-refractivity contribution >= 4 is 12.0 Å². The van der Waals surface area contributed by atoms with Crippen molar-refractivity contribution in [2.45, 2.75) is 18.6 Å². The summed E-state index contributed by atoms with van der Waals surface area (Å²) in [5.41, 5.74) is 0.772. The van der Waals surface area contributed by atoms with Crippen LogP contribution in [0.25, 0.3) is 0 Å². The number of hydrogen-bond donors (Lipinski definition) is 1. The number of halogens is 2. The van der Waals surface area contributed by atoms with E-state index in [1.807, 2.05) is 6.07 Å². The summed E-state index contributed by atoms with van der Waals surface area (Å²) in [5.74, 6) is -5.39. The van der Waals surface area contributed by atoms with E-state index in [1.54, 1.807) is 24.3 Å². The Bertz CT molecular complexity index is 565. The number of hydrogen-bond acceptors (Lipinski definition) is 3. The molecule has 0 bridgehead atoms. The highest BCUT2D eigenvalue weighted by molar-refractivity contribution is 5.85. The third kappa shape index (κ3) is 2.43. The SMILES string of the molecule is O=C1NC[C@H]2[C@@H]1C(F)(F)CN2C(=O)OCc1ccccc1. The molecule has 1 N–H and O–H groups in total. The third-order valence-electron chi connectivity index (χ3n) is 3.83. The maximum Gasteiger partial charge on any atom is 0.410 e. The van der Waals surface area contributed by atoms with Crippen LogP contribution < -0.4 is 5.32 Å². The Hall–Kier alpha value is -2.18. The van der Waals surface area contributed by atoms with E-state index in [9.17, 15) is 18.4 Å². The predicted molar refractivity (Wildman–Crippen MR) is 68.6 cm³/mol. The van der Waals surface area contributed by atoms with Crippen LogP contribution in [0.5, 0.6) is 0 Å². The van der Waals surface area contributed by atoms with Gasteiger partial charge in [-0.15, -0.1) is 0 Å². The number of nitrogens with one attached hydrogen (secondary N) is 1. The first-order valence-corrected chi connectivity index (χ1v) is 6.62. The van der Waals surface area contributed by atoms with Crippen LogP contribution in [0.3, 0.4) is 0 Å². The summed E-state index contributed by atoms with van der Waals surface area (Å²) in [7, 11) is 0. The molecule has 7 heteroatoms. The number of fused-ring (bicyclic) bond motifs is 1. The standard InChI is InChI=1S/C14H14F2N2O3/c15-14(16)8-18(10-6-17-12(19)11(10)14)13(20)21-7-9-4-2-1-3-5-9/h1-5,10-11H,6-8H2,(H,17,19)/t10-,11-/m0/s1. The number of alkyl halides is 2. The first-order chi connectivity index (χ1) is 9.99. The van der Waals surface area contributed by atoms with Gasteiger partial charge >= 0.3 is 6.09 Å². The molecule has 2 saturated heterocycles. The molecule has 0 aromatic heterocycles. The first-order valence-electron chi connectivity index (χ1n) is 6.62. The van der Waals surface area contributed by atoms with Crippen molar-refractivity contribution < 1.29 is 23.1 Å². The molecule has 2 heterocycles. The Balaban J connectivity index is 1.67. The summed E-state index contributed by atoms with van der Waals surface area (Å²) in [6.07, 6.45) is -0.817. The van der Waals surface area contributed by atoms with Crippen molar-refractivity contribution in [3.05, 3.63) is 35.9 Å². The van der Waals surface area contributed by atoms with Crippen molar-refractivity contribution in [2.75, 3.05) is 13.1 Å². The number of benzene rings is 1. The second-order valence-corrected chi connectivity index (χ2v) is 5.22. The number of likely N-dealkylation sites (tertiary alicyclic amines) is 1. The average Bonchev–Trinajstić information content (AvgIpc) is 2.97. The molecule has 2 amide bonds. The van der Waals surface area contributed by atoms with E-state index in [4.69, 9.17) is 4.74 Å². The zero-order valence-electron chi connectivity index (χ0n) is 11.1. The fraction of sp³-hybridized carbons (Fsp3) is 0.429. The maximum atomic E-state index is 13.8. The van der Waals surface area contributed by atoms with Gasteiger partial charge in [0, 0.05) is 6.54 Å². The van der Waals surface area contributed by atoms with Gasteiger partial charge < -0.3 is 10.1 Å². The molecule has 2 fully saturated rings. The molecule has 5 nitrogen and oxygen atoms in total. The lowest BCUT2D eigenvalue weighted by molar-refractivity contribution is -0.131. The third-order valence-corrected chi connectivity index (χ3v) is 3.83. The van der Waals surface area contributed by atoms with Gasteiger partial charge in [0.2, 0.25) is 5.91 Å². The highest BCUT2D eigenvalue weighted by Crippen LogP contribution is 2.40. The summed E-state index contributed by atoms with van der Waals surface area (Å²) >= 11 is 0. The van der Waals surface area contributed by atoms with E-state index in [2.05, 4.69) is 5.32 Å². The molecule has 3 rings (SSSR count). The van der Waals surface area contributed by atoms with Crippen LogP contribution in [0, 0.1) is 5.92 Å². The quantitative estimate of drug-likeness (QED) is 0.897. The van der Waals surface area contributed by atoms with Crippen molar-refractivity contribution in [2.24, 2.45) is 5.92 Å². The summed E-state index contributed by atoms with van der Waals surface area (Å²) < 4.78 is 32.7. The molecule has 2 aliphatic rings. The summed E-state index contributed by atoms with van der Waals surface area (Å²) in [5, 5.41) is 2.37. The predicted octanol–water partition coefficient (Wildman–Crippen LogP) is 1.39. The highest BCUT2D eigenvalue weighted by Gasteiger charge is 2.62. The average molecular weight is 296 g/mol. The van der Waals surface area contributed by atoms with Gasteiger partial charge in [-0.1, -0.05) is 30.3 Å². The molecule has 2 atom stereocenters. The van der Waals surface area contributed by atoms with Gasteiger partial charge in [-0.05, 0) is 5.56 Å². The number of ether oxygens (including phenoxy) is 1. The monoisotopic (exact) mass is 296 g/mol. The van der Waals surface area contributed by atoms with Crippen molar-refractivity contribution in [1.82, 2.24) is 10.2 Å². The summed E-state index contributed by atoms with van der Waals surface area (Å²) in [6.45, 7) is -0.719. The van der Waals surface area contributed by atoms with Crippen molar-refractivity contribution in [3.63, 3.8) is 0 Å². The zero-order valence-corrected chi connectivity index (χ0v) is 11.1. The molecule has 21 heavy (non-hydrogen) atoms. The van der Waals surface area contributed by atoms with E-state index in [0.29, 0.717) is 0 Å². The number of amides is 2. The fourth-order valence-electron chi connectivity index (χ4n) is 2.82. The van der Waals surface area contributed by atoms with Gasteiger partial charge in [0.25, 0.3) is 5.92 Å². The highest BCUT2D eigenvalue weighted by atomic mass is 19.3. The normalized spacial score (nSPS) is 26.4. The van der Waals surface area contributed by atoms with Gasteiger partial charge in [-0.25, -0.2) is 13.6 Å². The van der Waals surface area contributed by atoms with E-state index in [0.717, 1.165) is 10.5 Å². The number of nitrogens with zero attached hydrogens (tertiary/aromatic N) is 1. The van der Waals surface area contributed by atoms with Crippen molar-refractivity contribution in [3.8, 4) is 0 Å². The fourth-order valence-corrected chi connectivity index (χ4v) is 2.82. The Morgan fingerprint density at radius 1 is 1.38 bits per heavy atom. The lowest BCUT2D eigenvalue weighted by Gasteiger charge is -2.21. The van der Waals surface area contributed by atoms with E-state index >= 15 is 0 Å². The Labute approximate surface area is 119 Å². The zero-order chi connectivity index (χ0) is 15.0. The van der Waals surface area contributed by atoms with Gasteiger partial charge in [-0.2, -0.15) is 0 Å². The first kappa shape index (κ1) is 13.8. The molecule has 1 aromatic rings. The maximum absolute atomic E-state index is 13.8.